The molecule has 0 spiro atoms. The molecule has 0 saturated carbocycles. The quantitative estimate of drug-likeness (QED) is 0.845. The number of hydrogen-bond acceptors (Lipinski definition) is 5. The maximum Gasteiger partial charge on any atom is 0.254 e. The maximum absolute atomic E-state index is 12.7. The number of carbonyl (C=O) groups is 1. The van der Waals surface area contributed by atoms with E-state index >= 15 is 0 Å². The zero-order valence-corrected chi connectivity index (χ0v) is 13.6. The molecule has 23 heavy (non-hydrogen) atoms. The van der Waals surface area contributed by atoms with Crippen LogP contribution in [0.2, 0.25) is 0 Å². The molecule has 2 aromatic heterocycles. The van der Waals surface area contributed by atoms with Gasteiger partial charge in [0.2, 0.25) is 0 Å². The first-order valence-corrected chi connectivity index (χ1v) is 7.96. The number of rotatable bonds is 4. The Bertz CT molecular complexity index is 646. The molecule has 1 aliphatic heterocycles. The van der Waals surface area contributed by atoms with Crippen molar-refractivity contribution in [2.45, 2.75) is 13.8 Å². The van der Waals surface area contributed by atoms with Gasteiger partial charge in [-0.05, 0) is 18.1 Å². The summed E-state index contributed by atoms with van der Waals surface area (Å²) in [4.78, 5) is 25.2. The van der Waals surface area contributed by atoms with Crippen molar-refractivity contribution < 1.29 is 4.79 Å². The average molecular weight is 314 g/mol. The lowest BCUT2D eigenvalue weighted by Gasteiger charge is -2.35. The van der Waals surface area contributed by atoms with E-state index in [-0.39, 0.29) is 5.91 Å². The zero-order chi connectivity index (χ0) is 16.2. The van der Waals surface area contributed by atoms with Crippen molar-refractivity contribution in [2.75, 3.05) is 32.7 Å². The second-order valence-corrected chi connectivity index (χ2v) is 6.23. The van der Waals surface area contributed by atoms with Crippen molar-refractivity contribution in [3.8, 4) is 5.82 Å². The van der Waals surface area contributed by atoms with Gasteiger partial charge in [0, 0.05) is 44.5 Å². The number of amides is 1. The number of pyridine rings is 1. The Kier molecular flexibility index (Phi) is 4.66. The minimum atomic E-state index is 0.0537. The number of nitrogens with zero attached hydrogens (tertiary/aromatic N) is 6. The summed E-state index contributed by atoms with van der Waals surface area (Å²) in [5.41, 5.74) is 0.641. The van der Waals surface area contributed by atoms with E-state index in [0.29, 0.717) is 17.3 Å². The van der Waals surface area contributed by atoms with E-state index in [1.165, 1.54) is 6.33 Å². The van der Waals surface area contributed by atoms with Gasteiger partial charge in [-0.15, -0.1) is 0 Å². The highest BCUT2D eigenvalue weighted by molar-refractivity contribution is 5.94. The van der Waals surface area contributed by atoms with Crippen LogP contribution in [-0.2, 0) is 0 Å². The highest BCUT2D eigenvalue weighted by Gasteiger charge is 2.22. The number of piperazine rings is 1. The van der Waals surface area contributed by atoms with Crippen LogP contribution in [-0.4, -0.2) is 68.2 Å². The molecule has 3 heterocycles. The van der Waals surface area contributed by atoms with E-state index in [2.05, 4.69) is 33.8 Å². The third-order valence-electron chi connectivity index (χ3n) is 3.93. The topological polar surface area (TPSA) is 67.2 Å². The number of aromatic nitrogens is 4. The molecular weight excluding hydrogens is 292 g/mol. The molecule has 0 unspecified atom stereocenters. The normalized spacial score (nSPS) is 16.0. The molecule has 0 radical (unpaired) electrons. The highest BCUT2D eigenvalue weighted by atomic mass is 16.2. The number of hydrogen-bond donors (Lipinski definition) is 0. The van der Waals surface area contributed by atoms with Crippen molar-refractivity contribution in [3.05, 3.63) is 36.5 Å². The Balaban J connectivity index is 1.66. The molecular formula is C16H22N6O. The third kappa shape index (κ3) is 3.73. The molecule has 0 bridgehead atoms. The molecule has 2 aromatic rings. The van der Waals surface area contributed by atoms with Crippen LogP contribution in [0.3, 0.4) is 0 Å². The second-order valence-electron chi connectivity index (χ2n) is 6.23. The van der Waals surface area contributed by atoms with Crippen LogP contribution in [0.5, 0.6) is 0 Å². The fourth-order valence-electron chi connectivity index (χ4n) is 2.84. The van der Waals surface area contributed by atoms with Gasteiger partial charge in [-0.25, -0.2) is 14.6 Å². The summed E-state index contributed by atoms with van der Waals surface area (Å²) >= 11 is 0. The third-order valence-corrected chi connectivity index (χ3v) is 3.93. The van der Waals surface area contributed by atoms with Crippen LogP contribution in [0, 0.1) is 5.92 Å². The summed E-state index contributed by atoms with van der Waals surface area (Å²) in [6, 6.07) is 3.51. The minimum Gasteiger partial charge on any atom is -0.336 e. The molecule has 0 aliphatic carbocycles. The molecule has 0 N–H and O–H groups in total. The smallest absolute Gasteiger partial charge is 0.254 e. The van der Waals surface area contributed by atoms with E-state index < -0.39 is 0 Å². The molecule has 0 atom stereocenters. The van der Waals surface area contributed by atoms with Gasteiger partial charge >= 0.3 is 0 Å². The molecule has 0 aromatic carbocycles. The van der Waals surface area contributed by atoms with Crippen molar-refractivity contribution in [2.24, 2.45) is 5.92 Å². The Morgan fingerprint density at radius 2 is 2.04 bits per heavy atom. The lowest BCUT2D eigenvalue weighted by molar-refractivity contribution is 0.0623. The van der Waals surface area contributed by atoms with Gasteiger partial charge in [0.25, 0.3) is 5.91 Å². The van der Waals surface area contributed by atoms with Crippen LogP contribution in [0.15, 0.2) is 31.0 Å². The predicted octanol–water partition coefficient (Wildman–Crippen LogP) is 1.08. The van der Waals surface area contributed by atoms with Gasteiger partial charge in [0.1, 0.15) is 12.7 Å². The largest absolute Gasteiger partial charge is 0.336 e. The minimum absolute atomic E-state index is 0.0537. The second kappa shape index (κ2) is 6.87. The molecule has 1 amide bonds. The molecule has 1 aliphatic rings. The van der Waals surface area contributed by atoms with Crippen LogP contribution in [0.25, 0.3) is 5.82 Å². The molecule has 7 heteroatoms. The van der Waals surface area contributed by atoms with E-state index in [1.807, 2.05) is 4.90 Å². The average Bonchev–Trinajstić information content (AvgIpc) is 3.09. The Hall–Kier alpha value is -2.28. The fraction of sp³-hybridized carbons (Fsp3) is 0.500. The zero-order valence-electron chi connectivity index (χ0n) is 13.6. The monoisotopic (exact) mass is 314 g/mol. The predicted molar refractivity (Wildman–Crippen MR) is 86.3 cm³/mol. The molecule has 7 nitrogen and oxygen atoms in total. The van der Waals surface area contributed by atoms with Crippen molar-refractivity contribution in [3.63, 3.8) is 0 Å². The van der Waals surface area contributed by atoms with Crippen LogP contribution >= 0.6 is 0 Å². The Morgan fingerprint density at radius 1 is 1.26 bits per heavy atom. The molecule has 3 rings (SSSR count). The lowest BCUT2D eigenvalue weighted by atomic mass is 10.1. The van der Waals surface area contributed by atoms with Gasteiger partial charge in [0.15, 0.2) is 5.82 Å². The molecule has 122 valence electrons. The summed E-state index contributed by atoms with van der Waals surface area (Å²) in [7, 11) is 0. The van der Waals surface area contributed by atoms with Gasteiger partial charge in [-0.1, -0.05) is 13.8 Å². The van der Waals surface area contributed by atoms with Crippen LogP contribution in [0.1, 0.15) is 24.2 Å². The lowest BCUT2D eigenvalue weighted by Crippen LogP contribution is -2.49. The standard InChI is InChI=1S/C16H22N6O/c1-13(2)10-20-5-7-21(8-6-20)16(23)14-3-4-18-15(9-14)22-12-17-11-19-22/h3-4,9,11-13H,5-8,10H2,1-2H3. The van der Waals surface area contributed by atoms with Crippen molar-refractivity contribution in [1.29, 1.82) is 0 Å². The summed E-state index contributed by atoms with van der Waals surface area (Å²) in [5.74, 6) is 1.31. The first-order valence-electron chi connectivity index (χ1n) is 7.96. The summed E-state index contributed by atoms with van der Waals surface area (Å²) < 4.78 is 1.55. The summed E-state index contributed by atoms with van der Waals surface area (Å²) in [6.45, 7) is 8.95. The first kappa shape index (κ1) is 15.6. The van der Waals surface area contributed by atoms with Crippen LogP contribution in [0.4, 0.5) is 0 Å². The van der Waals surface area contributed by atoms with Gasteiger partial charge < -0.3 is 4.90 Å². The van der Waals surface area contributed by atoms with E-state index in [9.17, 15) is 4.79 Å². The Labute approximate surface area is 135 Å². The van der Waals surface area contributed by atoms with E-state index in [1.54, 1.807) is 29.3 Å². The number of carbonyl (C=O) groups excluding carboxylic acids is 1. The van der Waals surface area contributed by atoms with E-state index in [4.69, 9.17) is 0 Å². The summed E-state index contributed by atoms with van der Waals surface area (Å²) in [6.07, 6.45) is 4.66. The van der Waals surface area contributed by atoms with E-state index in [0.717, 1.165) is 32.7 Å². The first-order chi connectivity index (χ1) is 11.1. The summed E-state index contributed by atoms with van der Waals surface area (Å²) in [5, 5.41) is 4.05. The molecule has 1 saturated heterocycles. The SMILES string of the molecule is CC(C)CN1CCN(C(=O)c2ccnc(-n3cncn3)c2)CC1. The van der Waals surface area contributed by atoms with Crippen molar-refractivity contribution in [1.82, 2.24) is 29.5 Å². The molecule has 1 fully saturated rings. The Morgan fingerprint density at radius 3 is 2.70 bits per heavy atom. The van der Waals surface area contributed by atoms with Gasteiger partial charge in [0.05, 0.1) is 0 Å². The van der Waals surface area contributed by atoms with Crippen LogP contribution < -0.4 is 0 Å². The van der Waals surface area contributed by atoms with Gasteiger partial charge in [-0.2, -0.15) is 5.10 Å². The van der Waals surface area contributed by atoms with Crippen molar-refractivity contribution >= 4 is 5.91 Å². The maximum atomic E-state index is 12.7. The van der Waals surface area contributed by atoms with Gasteiger partial charge in [-0.3, -0.25) is 9.69 Å². The fourth-order valence-corrected chi connectivity index (χ4v) is 2.84. The highest BCUT2D eigenvalue weighted by Crippen LogP contribution is 2.12.